The third-order valence-electron chi connectivity index (χ3n) is 5.23. The minimum absolute atomic E-state index is 0.527. The molecule has 4 bridgehead atoms. The number of rotatable bonds is 1. The van der Waals surface area contributed by atoms with Gasteiger partial charge >= 0.3 is 0 Å². The van der Waals surface area contributed by atoms with Gasteiger partial charge in [-0.05, 0) is 37.7 Å². The zero-order chi connectivity index (χ0) is 18.5. The number of aromatic nitrogens is 2. The van der Waals surface area contributed by atoms with Gasteiger partial charge in [-0.1, -0.05) is 12.2 Å². The predicted molar refractivity (Wildman–Crippen MR) is 106 cm³/mol. The molecule has 2 aliphatic rings. The first-order valence-corrected chi connectivity index (χ1v) is 9.78. The molecule has 0 spiro atoms. The fourth-order valence-corrected chi connectivity index (χ4v) is 3.84. The fraction of sp³-hybridized carbons (Fsp3) is 0.524. The van der Waals surface area contributed by atoms with Crippen molar-refractivity contribution in [2.75, 3.05) is 44.9 Å². The molecule has 1 aromatic carbocycles. The number of nitrogens with zero attached hydrogens (tertiary/aromatic N) is 3. The van der Waals surface area contributed by atoms with E-state index < -0.39 is 0 Å². The van der Waals surface area contributed by atoms with E-state index in [9.17, 15) is 0 Å². The highest BCUT2D eigenvalue weighted by Gasteiger charge is 2.23. The van der Waals surface area contributed by atoms with Gasteiger partial charge in [-0.25, -0.2) is 9.97 Å². The molecule has 1 saturated heterocycles. The SMILES string of the molecule is COc1cc2ncnc3c2cc1OCCC/C=C/COCC1CCCN3C1. The molecule has 0 saturated carbocycles. The summed E-state index contributed by atoms with van der Waals surface area (Å²) in [5, 5.41) is 1.02. The Morgan fingerprint density at radius 1 is 1.19 bits per heavy atom. The quantitative estimate of drug-likeness (QED) is 0.716. The number of methoxy groups -OCH3 is 1. The molecule has 0 N–H and O–H groups in total. The van der Waals surface area contributed by atoms with E-state index in [4.69, 9.17) is 14.2 Å². The van der Waals surface area contributed by atoms with E-state index in [-0.39, 0.29) is 0 Å². The molecular weight excluding hydrogens is 342 g/mol. The summed E-state index contributed by atoms with van der Waals surface area (Å²) < 4.78 is 17.4. The molecule has 27 heavy (non-hydrogen) atoms. The summed E-state index contributed by atoms with van der Waals surface area (Å²) in [6.45, 7) is 4.08. The van der Waals surface area contributed by atoms with Gasteiger partial charge in [-0.15, -0.1) is 0 Å². The van der Waals surface area contributed by atoms with Crippen LogP contribution in [0.1, 0.15) is 25.7 Å². The van der Waals surface area contributed by atoms with Crippen molar-refractivity contribution in [3.05, 3.63) is 30.6 Å². The summed E-state index contributed by atoms with van der Waals surface area (Å²) in [4.78, 5) is 11.4. The summed E-state index contributed by atoms with van der Waals surface area (Å²) in [6, 6.07) is 3.98. The van der Waals surface area contributed by atoms with Crippen LogP contribution >= 0.6 is 0 Å². The van der Waals surface area contributed by atoms with E-state index in [1.165, 1.54) is 6.42 Å². The van der Waals surface area contributed by atoms with E-state index in [1.807, 2.05) is 12.1 Å². The Balaban J connectivity index is 1.72. The third kappa shape index (κ3) is 4.16. The molecule has 1 atom stereocenters. The van der Waals surface area contributed by atoms with Gasteiger partial charge in [0.15, 0.2) is 11.5 Å². The number of ether oxygens (including phenoxy) is 3. The minimum Gasteiger partial charge on any atom is -0.493 e. The lowest BCUT2D eigenvalue weighted by atomic mass is 9.98. The average molecular weight is 369 g/mol. The van der Waals surface area contributed by atoms with E-state index in [0.29, 0.717) is 24.9 Å². The first-order valence-electron chi connectivity index (χ1n) is 9.78. The van der Waals surface area contributed by atoms with Crippen LogP contribution in [0.2, 0.25) is 0 Å². The number of allylic oxidation sites excluding steroid dienone is 1. The Morgan fingerprint density at radius 2 is 2.15 bits per heavy atom. The molecule has 6 heteroatoms. The van der Waals surface area contributed by atoms with Crippen LogP contribution in [-0.4, -0.2) is 50.0 Å². The Bertz CT molecular complexity index is 809. The first-order chi connectivity index (χ1) is 13.3. The fourth-order valence-electron chi connectivity index (χ4n) is 3.84. The van der Waals surface area contributed by atoms with Gasteiger partial charge in [-0.3, -0.25) is 0 Å². The average Bonchev–Trinajstić information content (AvgIpc) is 2.71. The van der Waals surface area contributed by atoms with E-state index in [0.717, 1.165) is 61.4 Å². The molecule has 2 aromatic rings. The maximum Gasteiger partial charge on any atom is 0.162 e. The molecule has 0 amide bonds. The molecule has 6 nitrogen and oxygen atoms in total. The van der Waals surface area contributed by atoms with Crippen LogP contribution in [0.4, 0.5) is 5.82 Å². The van der Waals surface area contributed by atoms with Crippen LogP contribution in [0.15, 0.2) is 30.6 Å². The highest BCUT2D eigenvalue weighted by Crippen LogP contribution is 2.36. The van der Waals surface area contributed by atoms with E-state index in [1.54, 1.807) is 13.4 Å². The van der Waals surface area contributed by atoms with Gasteiger partial charge in [0.25, 0.3) is 0 Å². The maximum atomic E-state index is 6.03. The highest BCUT2D eigenvalue weighted by molar-refractivity contribution is 5.92. The Morgan fingerprint density at radius 3 is 3.07 bits per heavy atom. The van der Waals surface area contributed by atoms with Crippen LogP contribution in [-0.2, 0) is 4.74 Å². The first kappa shape index (κ1) is 18.0. The van der Waals surface area contributed by atoms with Gasteiger partial charge < -0.3 is 19.1 Å². The molecule has 1 aromatic heterocycles. The van der Waals surface area contributed by atoms with Crippen molar-refractivity contribution in [1.29, 1.82) is 0 Å². The van der Waals surface area contributed by atoms with Crippen molar-refractivity contribution < 1.29 is 14.2 Å². The summed E-state index contributed by atoms with van der Waals surface area (Å²) in [5.41, 5.74) is 0.881. The standard InChI is InChI=1S/C21H27N3O3/c1-25-19-12-18-17-11-20(19)27-10-5-3-2-4-9-26-14-16-7-6-8-24(13-16)21(17)23-15-22-18/h2,4,11-12,15-16H,3,5-10,13-14H2,1H3/b4-2+. The lowest BCUT2D eigenvalue weighted by Crippen LogP contribution is -2.37. The summed E-state index contributed by atoms with van der Waals surface area (Å²) >= 11 is 0. The second-order valence-corrected chi connectivity index (χ2v) is 7.17. The van der Waals surface area contributed by atoms with Gasteiger partial charge in [0.2, 0.25) is 0 Å². The van der Waals surface area contributed by atoms with Gasteiger partial charge in [0.05, 0.1) is 32.4 Å². The smallest absolute Gasteiger partial charge is 0.162 e. The van der Waals surface area contributed by atoms with Crippen molar-refractivity contribution in [1.82, 2.24) is 9.97 Å². The zero-order valence-electron chi connectivity index (χ0n) is 15.9. The van der Waals surface area contributed by atoms with Crippen LogP contribution in [0, 0.1) is 5.92 Å². The van der Waals surface area contributed by atoms with Crippen molar-refractivity contribution in [3.63, 3.8) is 0 Å². The molecule has 144 valence electrons. The summed E-state index contributed by atoms with van der Waals surface area (Å²) in [6.07, 6.45) is 10.2. The largest absolute Gasteiger partial charge is 0.493 e. The molecule has 1 fully saturated rings. The number of fused-ring (bicyclic) bond motifs is 4. The Labute approximate surface area is 160 Å². The van der Waals surface area contributed by atoms with Crippen molar-refractivity contribution in [3.8, 4) is 11.5 Å². The van der Waals surface area contributed by atoms with Gasteiger partial charge in [0, 0.05) is 24.5 Å². The second-order valence-electron chi connectivity index (χ2n) is 7.17. The normalized spacial score (nSPS) is 22.4. The monoisotopic (exact) mass is 369 g/mol. The highest BCUT2D eigenvalue weighted by atomic mass is 16.5. The minimum atomic E-state index is 0.527. The lowest BCUT2D eigenvalue weighted by Gasteiger charge is -2.34. The van der Waals surface area contributed by atoms with Gasteiger partial charge in [0.1, 0.15) is 12.1 Å². The molecule has 0 radical (unpaired) electrons. The lowest BCUT2D eigenvalue weighted by molar-refractivity contribution is 0.115. The van der Waals surface area contributed by atoms with Crippen LogP contribution in [0.25, 0.3) is 10.9 Å². The number of hydrogen-bond donors (Lipinski definition) is 0. The molecule has 0 aliphatic carbocycles. The van der Waals surface area contributed by atoms with Crippen molar-refractivity contribution >= 4 is 16.7 Å². The number of benzene rings is 1. The van der Waals surface area contributed by atoms with E-state index >= 15 is 0 Å². The van der Waals surface area contributed by atoms with Crippen molar-refractivity contribution in [2.24, 2.45) is 5.92 Å². The molecule has 3 heterocycles. The Kier molecular flexibility index (Phi) is 5.72. The predicted octanol–water partition coefficient (Wildman–Crippen LogP) is 3.60. The molecule has 2 aliphatic heterocycles. The van der Waals surface area contributed by atoms with Gasteiger partial charge in [-0.2, -0.15) is 0 Å². The molecular formula is C21H27N3O3. The Hall–Kier alpha value is -2.34. The van der Waals surface area contributed by atoms with Crippen molar-refractivity contribution in [2.45, 2.75) is 25.7 Å². The van der Waals surface area contributed by atoms with Crippen LogP contribution in [0.3, 0.4) is 0 Å². The van der Waals surface area contributed by atoms with Crippen LogP contribution < -0.4 is 14.4 Å². The third-order valence-corrected chi connectivity index (χ3v) is 5.23. The summed E-state index contributed by atoms with van der Waals surface area (Å²) in [5.74, 6) is 2.98. The number of anilines is 1. The molecule has 1 unspecified atom stereocenters. The maximum absolute atomic E-state index is 6.03. The topological polar surface area (TPSA) is 56.7 Å². The number of piperidine rings is 1. The second kappa shape index (κ2) is 8.57. The summed E-state index contributed by atoms with van der Waals surface area (Å²) in [7, 11) is 1.67. The zero-order valence-corrected chi connectivity index (χ0v) is 15.9. The number of hydrogen-bond acceptors (Lipinski definition) is 6. The van der Waals surface area contributed by atoms with E-state index in [2.05, 4.69) is 27.0 Å². The van der Waals surface area contributed by atoms with Crippen LogP contribution in [0.5, 0.6) is 11.5 Å². The molecule has 4 rings (SSSR count).